The smallest absolute Gasteiger partial charge is 0.121 e. The Morgan fingerprint density at radius 2 is 1.54 bits per heavy atom. The van der Waals surface area contributed by atoms with E-state index in [1.54, 1.807) is 17.1 Å². The van der Waals surface area contributed by atoms with Gasteiger partial charge in [0.25, 0.3) is 0 Å². The van der Waals surface area contributed by atoms with Gasteiger partial charge >= 0.3 is 0 Å². The molecule has 2 aromatic heterocycles. The molecule has 116 valence electrons. The Hall–Kier alpha value is -3.34. The number of rotatable bonds is 3. The van der Waals surface area contributed by atoms with Crippen LogP contribution in [-0.2, 0) is 0 Å². The molecule has 0 fully saturated rings. The van der Waals surface area contributed by atoms with Gasteiger partial charge < -0.3 is 0 Å². The standard InChI is InChI=1S/C19H15N5/c1-14-7-5-6-10-17(14)19-18(15-8-3-2-4-9-15)22-23-24(19)16-11-20-13-21-12-16/h2-13H,1H3. The number of benzene rings is 2. The largest absolute Gasteiger partial charge is 0.243 e. The van der Waals surface area contributed by atoms with Crippen molar-refractivity contribution in [2.45, 2.75) is 6.92 Å². The summed E-state index contributed by atoms with van der Waals surface area (Å²) in [6, 6.07) is 18.3. The Morgan fingerprint density at radius 3 is 2.29 bits per heavy atom. The average Bonchev–Trinajstić information content (AvgIpc) is 3.08. The van der Waals surface area contributed by atoms with Gasteiger partial charge in [0.05, 0.1) is 12.4 Å². The molecule has 2 aromatic carbocycles. The fourth-order valence-corrected chi connectivity index (χ4v) is 2.73. The fourth-order valence-electron chi connectivity index (χ4n) is 2.73. The number of aryl methyl sites for hydroxylation is 1. The maximum Gasteiger partial charge on any atom is 0.121 e. The summed E-state index contributed by atoms with van der Waals surface area (Å²) in [5.41, 5.74) is 5.84. The maximum atomic E-state index is 4.44. The van der Waals surface area contributed by atoms with Crippen molar-refractivity contribution in [1.82, 2.24) is 25.0 Å². The number of nitrogens with zero attached hydrogens (tertiary/aromatic N) is 5. The molecule has 2 heterocycles. The molecular formula is C19H15N5. The summed E-state index contributed by atoms with van der Waals surface area (Å²) < 4.78 is 1.80. The Balaban J connectivity index is 2.00. The molecule has 0 bridgehead atoms. The summed E-state index contributed by atoms with van der Waals surface area (Å²) in [4.78, 5) is 8.20. The molecule has 0 aliphatic heterocycles. The highest BCUT2D eigenvalue weighted by atomic mass is 15.4. The van der Waals surface area contributed by atoms with Gasteiger partial charge in [-0.2, -0.15) is 0 Å². The van der Waals surface area contributed by atoms with Crippen molar-refractivity contribution in [1.29, 1.82) is 0 Å². The van der Waals surface area contributed by atoms with E-state index in [4.69, 9.17) is 0 Å². The van der Waals surface area contributed by atoms with Crippen molar-refractivity contribution < 1.29 is 0 Å². The molecule has 5 nitrogen and oxygen atoms in total. The summed E-state index contributed by atoms with van der Waals surface area (Å²) in [6.07, 6.45) is 4.97. The van der Waals surface area contributed by atoms with Crippen LogP contribution in [-0.4, -0.2) is 25.0 Å². The zero-order valence-corrected chi connectivity index (χ0v) is 13.2. The summed E-state index contributed by atoms with van der Waals surface area (Å²) >= 11 is 0. The zero-order valence-electron chi connectivity index (χ0n) is 13.2. The van der Waals surface area contributed by atoms with E-state index in [1.807, 2.05) is 42.5 Å². The third-order valence-electron chi connectivity index (χ3n) is 3.91. The molecule has 0 aliphatic rings. The highest BCUT2D eigenvalue weighted by Crippen LogP contribution is 2.33. The molecule has 0 unspecified atom stereocenters. The normalized spacial score (nSPS) is 10.7. The third-order valence-corrected chi connectivity index (χ3v) is 3.91. The van der Waals surface area contributed by atoms with E-state index in [0.717, 1.165) is 33.8 Å². The van der Waals surface area contributed by atoms with Crippen LogP contribution in [0, 0.1) is 6.92 Å². The van der Waals surface area contributed by atoms with Gasteiger partial charge in [-0.3, -0.25) is 0 Å². The van der Waals surface area contributed by atoms with Crippen LogP contribution >= 0.6 is 0 Å². The molecule has 0 N–H and O–H groups in total. The first-order valence-electron chi connectivity index (χ1n) is 7.67. The summed E-state index contributed by atoms with van der Waals surface area (Å²) in [5.74, 6) is 0. The Morgan fingerprint density at radius 1 is 0.833 bits per heavy atom. The lowest BCUT2D eigenvalue weighted by molar-refractivity contribution is 0.799. The Kier molecular flexibility index (Phi) is 3.59. The fraction of sp³-hybridized carbons (Fsp3) is 0.0526. The molecule has 0 saturated carbocycles. The first-order chi connectivity index (χ1) is 11.8. The topological polar surface area (TPSA) is 56.5 Å². The lowest BCUT2D eigenvalue weighted by atomic mass is 10.0. The average molecular weight is 313 g/mol. The molecule has 0 amide bonds. The van der Waals surface area contributed by atoms with Crippen LogP contribution < -0.4 is 0 Å². The van der Waals surface area contributed by atoms with Gasteiger partial charge in [0, 0.05) is 11.1 Å². The zero-order chi connectivity index (χ0) is 16.4. The van der Waals surface area contributed by atoms with Crippen LogP contribution in [0.25, 0.3) is 28.2 Å². The lowest BCUT2D eigenvalue weighted by Gasteiger charge is -2.10. The second-order valence-corrected chi connectivity index (χ2v) is 5.48. The first-order valence-corrected chi connectivity index (χ1v) is 7.67. The highest BCUT2D eigenvalue weighted by Gasteiger charge is 2.19. The minimum Gasteiger partial charge on any atom is -0.243 e. The summed E-state index contributed by atoms with van der Waals surface area (Å²) in [7, 11) is 0. The molecule has 24 heavy (non-hydrogen) atoms. The van der Waals surface area contributed by atoms with Crippen molar-refractivity contribution in [2.24, 2.45) is 0 Å². The van der Waals surface area contributed by atoms with Gasteiger partial charge in [0.15, 0.2) is 0 Å². The van der Waals surface area contributed by atoms with Crippen molar-refractivity contribution in [3.05, 3.63) is 78.9 Å². The number of aromatic nitrogens is 5. The molecule has 0 radical (unpaired) electrons. The Labute approximate surface area is 139 Å². The van der Waals surface area contributed by atoms with Crippen molar-refractivity contribution in [3.63, 3.8) is 0 Å². The van der Waals surface area contributed by atoms with Crippen LogP contribution in [0.3, 0.4) is 0 Å². The van der Waals surface area contributed by atoms with Gasteiger partial charge in [0.2, 0.25) is 0 Å². The SMILES string of the molecule is Cc1ccccc1-c1c(-c2ccccc2)nnn1-c1cncnc1. The lowest BCUT2D eigenvalue weighted by Crippen LogP contribution is -2.01. The second-order valence-electron chi connectivity index (χ2n) is 5.48. The predicted octanol–water partition coefficient (Wildman–Crippen LogP) is 3.70. The predicted molar refractivity (Wildman–Crippen MR) is 92.6 cm³/mol. The molecular weight excluding hydrogens is 298 g/mol. The van der Waals surface area contributed by atoms with Gasteiger partial charge in [0.1, 0.15) is 23.4 Å². The molecule has 0 saturated heterocycles. The van der Waals surface area contributed by atoms with E-state index < -0.39 is 0 Å². The molecule has 0 aliphatic carbocycles. The molecule has 5 heteroatoms. The van der Waals surface area contributed by atoms with Crippen molar-refractivity contribution in [3.8, 4) is 28.2 Å². The number of hydrogen-bond donors (Lipinski definition) is 0. The van der Waals surface area contributed by atoms with E-state index in [9.17, 15) is 0 Å². The van der Waals surface area contributed by atoms with Crippen LogP contribution in [0.1, 0.15) is 5.56 Å². The molecule has 0 atom stereocenters. The van der Waals surface area contributed by atoms with Crippen LogP contribution in [0.4, 0.5) is 0 Å². The van der Waals surface area contributed by atoms with E-state index in [0.29, 0.717) is 0 Å². The van der Waals surface area contributed by atoms with Gasteiger partial charge in [-0.05, 0) is 12.5 Å². The summed E-state index contributed by atoms with van der Waals surface area (Å²) in [5, 5.41) is 8.80. The molecule has 0 spiro atoms. The van der Waals surface area contributed by atoms with Crippen molar-refractivity contribution >= 4 is 0 Å². The van der Waals surface area contributed by atoms with Gasteiger partial charge in [-0.15, -0.1) is 5.10 Å². The number of hydrogen-bond acceptors (Lipinski definition) is 4. The van der Waals surface area contributed by atoms with E-state index in [-0.39, 0.29) is 0 Å². The van der Waals surface area contributed by atoms with E-state index in [1.165, 1.54) is 6.33 Å². The third kappa shape index (κ3) is 2.46. The van der Waals surface area contributed by atoms with Crippen LogP contribution in [0.5, 0.6) is 0 Å². The van der Waals surface area contributed by atoms with Crippen molar-refractivity contribution in [2.75, 3.05) is 0 Å². The van der Waals surface area contributed by atoms with Crippen LogP contribution in [0.2, 0.25) is 0 Å². The minimum absolute atomic E-state index is 0.783. The van der Waals surface area contributed by atoms with Crippen LogP contribution in [0.15, 0.2) is 73.3 Å². The Bertz CT molecular complexity index is 904. The second kappa shape index (κ2) is 6.04. The molecule has 4 aromatic rings. The first kappa shape index (κ1) is 14.3. The van der Waals surface area contributed by atoms with Gasteiger partial charge in [-0.25, -0.2) is 14.6 Å². The van der Waals surface area contributed by atoms with Gasteiger partial charge in [-0.1, -0.05) is 59.8 Å². The molecule has 4 rings (SSSR count). The van der Waals surface area contributed by atoms with E-state index in [2.05, 4.69) is 39.3 Å². The highest BCUT2D eigenvalue weighted by molar-refractivity contribution is 5.80. The maximum absolute atomic E-state index is 4.44. The summed E-state index contributed by atoms with van der Waals surface area (Å²) in [6.45, 7) is 2.09. The monoisotopic (exact) mass is 313 g/mol. The minimum atomic E-state index is 0.783. The quantitative estimate of drug-likeness (QED) is 0.578. The van der Waals surface area contributed by atoms with E-state index >= 15 is 0 Å².